The molecule has 0 amide bonds. The summed E-state index contributed by atoms with van der Waals surface area (Å²) in [6.07, 6.45) is 8.45. The molecule has 0 atom stereocenters. The lowest BCUT2D eigenvalue weighted by Gasteiger charge is -2.37. The van der Waals surface area contributed by atoms with Crippen LogP contribution in [0.15, 0.2) is 5.38 Å². The molecule has 3 nitrogen and oxygen atoms in total. The number of alkyl halides is 1. The third kappa shape index (κ3) is 4.99. The summed E-state index contributed by atoms with van der Waals surface area (Å²) in [6.45, 7) is 2.52. The average Bonchev–Trinajstić information content (AvgIpc) is 2.86. The number of aromatic nitrogens is 1. The first-order valence-electron chi connectivity index (χ1n) is 7.67. The van der Waals surface area contributed by atoms with Crippen LogP contribution in [-0.4, -0.2) is 40.7 Å². The molecule has 0 bridgehead atoms. The van der Waals surface area contributed by atoms with E-state index in [1.807, 2.05) is 0 Å². The summed E-state index contributed by atoms with van der Waals surface area (Å²) < 4.78 is 0. The molecule has 1 N–H and O–H groups in total. The first kappa shape index (κ1) is 16.2. The highest BCUT2D eigenvalue weighted by Gasteiger charge is 2.23. The molecule has 0 unspecified atom stereocenters. The molecule has 0 aliphatic heterocycles. The fourth-order valence-electron chi connectivity index (χ4n) is 2.62. The Balaban J connectivity index is 1.64. The summed E-state index contributed by atoms with van der Waals surface area (Å²) in [6, 6.07) is 0.782. The lowest BCUT2D eigenvalue weighted by Crippen LogP contribution is -2.41. The second kappa shape index (κ2) is 8.98. The van der Waals surface area contributed by atoms with Gasteiger partial charge in [-0.25, -0.2) is 4.98 Å². The predicted molar refractivity (Wildman–Crippen MR) is 85.5 cm³/mol. The van der Waals surface area contributed by atoms with E-state index in [0.29, 0.717) is 12.5 Å². The van der Waals surface area contributed by atoms with Crippen LogP contribution in [0.1, 0.15) is 49.2 Å². The van der Waals surface area contributed by atoms with Gasteiger partial charge >= 0.3 is 0 Å². The molecule has 20 heavy (non-hydrogen) atoms. The molecule has 2 rings (SSSR count). The van der Waals surface area contributed by atoms with Crippen molar-refractivity contribution in [3.63, 3.8) is 0 Å². The lowest BCUT2D eigenvalue weighted by molar-refractivity contribution is 0.114. The lowest BCUT2D eigenvalue weighted by atomic mass is 9.91. The fraction of sp³-hybridized carbons (Fsp3) is 0.800. The number of rotatable bonds is 10. The summed E-state index contributed by atoms with van der Waals surface area (Å²) in [4.78, 5) is 7.07. The maximum Gasteiger partial charge on any atom is 0.0928 e. The minimum atomic E-state index is 0.309. The summed E-state index contributed by atoms with van der Waals surface area (Å²) in [5.41, 5.74) is 1.01. The van der Waals surface area contributed by atoms with E-state index in [1.165, 1.54) is 43.7 Å². The first-order chi connectivity index (χ1) is 9.83. The van der Waals surface area contributed by atoms with Crippen molar-refractivity contribution in [1.29, 1.82) is 0 Å². The van der Waals surface area contributed by atoms with E-state index >= 15 is 0 Å². The highest BCUT2D eigenvalue weighted by molar-refractivity contribution is 7.09. The number of thiazole rings is 1. The third-order valence-corrected chi connectivity index (χ3v) is 5.25. The summed E-state index contributed by atoms with van der Waals surface area (Å²) in [7, 11) is 0. The van der Waals surface area contributed by atoms with Crippen molar-refractivity contribution >= 4 is 22.9 Å². The zero-order valence-electron chi connectivity index (χ0n) is 12.1. The van der Waals surface area contributed by atoms with Crippen LogP contribution < -0.4 is 0 Å². The molecule has 0 spiro atoms. The first-order valence-corrected chi connectivity index (χ1v) is 9.09. The topological polar surface area (TPSA) is 36.4 Å². The van der Waals surface area contributed by atoms with Gasteiger partial charge in [0.25, 0.3) is 0 Å². The molecule has 0 saturated heterocycles. The Hall–Kier alpha value is -0.160. The van der Waals surface area contributed by atoms with Gasteiger partial charge in [-0.2, -0.15) is 0 Å². The normalized spacial score (nSPS) is 15.8. The zero-order chi connectivity index (χ0) is 14.2. The van der Waals surface area contributed by atoms with E-state index in [4.69, 9.17) is 16.7 Å². The molecule has 1 saturated carbocycles. The largest absolute Gasteiger partial charge is 0.396 e. The number of nitrogens with zero attached hydrogens (tertiary/aromatic N) is 2. The van der Waals surface area contributed by atoms with Crippen LogP contribution in [0.4, 0.5) is 0 Å². The van der Waals surface area contributed by atoms with Gasteiger partial charge in [-0.05, 0) is 45.1 Å². The molecule has 1 aromatic rings. The summed E-state index contributed by atoms with van der Waals surface area (Å²) >= 11 is 7.49. The van der Waals surface area contributed by atoms with Crippen molar-refractivity contribution in [2.45, 2.75) is 56.9 Å². The van der Waals surface area contributed by atoms with Crippen LogP contribution in [-0.2, 0) is 12.3 Å². The number of aryl methyl sites for hydroxylation is 1. The Morgan fingerprint density at radius 3 is 2.70 bits per heavy atom. The van der Waals surface area contributed by atoms with Gasteiger partial charge in [0, 0.05) is 24.6 Å². The van der Waals surface area contributed by atoms with Crippen LogP contribution in [0.25, 0.3) is 0 Å². The summed E-state index contributed by atoms with van der Waals surface area (Å²) in [5.74, 6) is 0.521. The van der Waals surface area contributed by atoms with Crippen LogP contribution in [0, 0.1) is 0 Å². The van der Waals surface area contributed by atoms with Gasteiger partial charge in [0.1, 0.15) is 0 Å². The smallest absolute Gasteiger partial charge is 0.0928 e. The van der Waals surface area contributed by atoms with Gasteiger partial charge in [0.05, 0.1) is 16.6 Å². The number of aliphatic hydroxyl groups is 1. The molecule has 1 aliphatic carbocycles. The number of hydrogen-bond acceptors (Lipinski definition) is 4. The second-order valence-corrected chi connectivity index (χ2v) is 6.73. The highest BCUT2D eigenvalue weighted by atomic mass is 35.5. The molecule has 114 valence electrons. The van der Waals surface area contributed by atoms with Gasteiger partial charge in [-0.15, -0.1) is 22.9 Å². The Morgan fingerprint density at radius 1 is 1.30 bits per heavy atom. The Bertz CT molecular complexity index is 382. The third-order valence-electron chi connectivity index (χ3n) is 4.02. The van der Waals surface area contributed by atoms with E-state index in [1.54, 1.807) is 11.3 Å². The number of halogens is 1. The molecule has 1 aromatic heterocycles. The predicted octanol–water partition coefficient (Wildman–Crippen LogP) is 3.44. The SMILES string of the molecule is OCCCN(CCCCc1nc(CCl)cs1)C1CCC1. The molecule has 0 radical (unpaired) electrons. The quantitative estimate of drug-likeness (QED) is 0.530. The minimum absolute atomic E-state index is 0.309. The minimum Gasteiger partial charge on any atom is -0.396 e. The van der Waals surface area contributed by atoms with Gasteiger partial charge in [0.15, 0.2) is 0 Å². The van der Waals surface area contributed by atoms with E-state index < -0.39 is 0 Å². The van der Waals surface area contributed by atoms with Crippen molar-refractivity contribution in [3.8, 4) is 0 Å². The zero-order valence-corrected chi connectivity index (χ0v) is 13.6. The Kier molecular flexibility index (Phi) is 7.28. The molecular formula is C15H25ClN2OS. The summed E-state index contributed by atoms with van der Waals surface area (Å²) in [5, 5.41) is 12.3. The number of unbranched alkanes of at least 4 members (excludes halogenated alkanes) is 1. The van der Waals surface area contributed by atoms with Crippen molar-refractivity contribution in [2.75, 3.05) is 19.7 Å². The van der Waals surface area contributed by atoms with Crippen LogP contribution in [0.5, 0.6) is 0 Å². The Morgan fingerprint density at radius 2 is 2.10 bits per heavy atom. The van der Waals surface area contributed by atoms with Crippen LogP contribution in [0.3, 0.4) is 0 Å². The van der Waals surface area contributed by atoms with Gasteiger partial charge in [0.2, 0.25) is 0 Å². The van der Waals surface area contributed by atoms with Crippen molar-refractivity contribution in [1.82, 2.24) is 9.88 Å². The van der Waals surface area contributed by atoms with Crippen LogP contribution >= 0.6 is 22.9 Å². The standard InChI is InChI=1S/C15H25ClN2OS/c16-11-13-12-20-15(17-13)7-1-2-8-18(9-4-10-19)14-5-3-6-14/h12,14,19H,1-11H2. The fourth-order valence-corrected chi connectivity index (χ4v) is 3.69. The molecule has 1 heterocycles. The molecule has 1 aliphatic rings. The maximum atomic E-state index is 8.99. The second-order valence-electron chi connectivity index (χ2n) is 5.52. The maximum absolute atomic E-state index is 8.99. The van der Waals surface area contributed by atoms with Crippen molar-refractivity contribution in [2.24, 2.45) is 0 Å². The molecular weight excluding hydrogens is 292 g/mol. The highest BCUT2D eigenvalue weighted by Crippen LogP contribution is 2.25. The van der Waals surface area contributed by atoms with Gasteiger partial charge < -0.3 is 10.0 Å². The van der Waals surface area contributed by atoms with E-state index in [2.05, 4.69) is 15.3 Å². The van der Waals surface area contributed by atoms with Crippen molar-refractivity contribution < 1.29 is 5.11 Å². The van der Waals surface area contributed by atoms with Crippen molar-refractivity contribution in [3.05, 3.63) is 16.1 Å². The van der Waals surface area contributed by atoms with E-state index in [-0.39, 0.29) is 0 Å². The van der Waals surface area contributed by atoms with Crippen LogP contribution in [0.2, 0.25) is 0 Å². The molecule has 1 fully saturated rings. The van der Waals surface area contributed by atoms with Gasteiger partial charge in [-0.1, -0.05) is 6.42 Å². The number of aliphatic hydroxyl groups excluding tert-OH is 1. The van der Waals surface area contributed by atoms with Gasteiger partial charge in [-0.3, -0.25) is 0 Å². The van der Waals surface area contributed by atoms with E-state index in [9.17, 15) is 0 Å². The number of hydrogen-bond donors (Lipinski definition) is 1. The molecule has 0 aromatic carbocycles. The van der Waals surface area contributed by atoms with E-state index in [0.717, 1.165) is 31.1 Å². The molecule has 5 heteroatoms. The average molecular weight is 317 g/mol. The Labute approximate surface area is 131 Å². The monoisotopic (exact) mass is 316 g/mol.